The predicted octanol–water partition coefficient (Wildman–Crippen LogP) is 2.87. The molecule has 1 heterocycles. The van der Waals surface area contributed by atoms with E-state index < -0.39 is 0 Å². The van der Waals surface area contributed by atoms with Crippen molar-refractivity contribution in [2.24, 2.45) is 0 Å². The minimum Gasteiger partial charge on any atom is -0.497 e. The van der Waals surface area contributed by atoms with Crippen molar-refractivity contribution in [3.8, 4) is 0 Å². The van der Waals surface area contributed by atoms with Gasteiger partial charge in [0.1, 0.15) is 5.76 Å². The number of hydrogen-bond donors (Lipinski definition) is 1. The summed E-state index contributed by atoms with van der Waals surface area (Å²) in [5.41, 5.74) is 0. The standard InChI is InChI=1S/C14H27NO2/c1-3-10-15-13(8-7-11-16-4-2)14-9-5-6-12-17-14/h9,13,15H,3-8,10-12H2,1-2H3. The van der Waals surface area contributed by atoms with Crippen LogP contribution in [0.2, 0.25) is 0 Å². The van der Waals surface area contributed by atoms with Gasteiger partial charge in [-0.2, -0.15) is 0 Å². The second-order valence-corrected chi connectivity index (χ2v) is 4.44. The number of allylic oxidation sites excluding steroid dienone is 1. The first kappa shape index (κ1) is 14.5. The highest BCUT2D eigenvalue weighted by Crippen LogP contribution is 2.17. The van der Waals surface area contributed by atoms with Crippen LogP contribution in [0, 0.1) is 0 Å². The van der Waals surface area contributed by atoms with Crippen LogP contribution in [0.3, 0.4) is 0 Å². The van der Waals surface area contributed by atoms with Gasteiger partial charge in [0.15, 0.2) is 0 Å². The molecule has 1 aliphatic rings. The van der Waals surface area contributed by atoms with Crippen molar-refractivity contribution in [3.05, 3.63) is 11.8 Å². The molecular formula is C14H27NO2. The third-order valence-electron chi connectivity index (χ3n) is 2.93. The van der Waals surface area contributed by atoms with Crippen molar-refractivity contribution >= 4 is 0 Å². The molecule has 0 spiro atoms. The van der Waals surface area contributed by atoms with Gasteiger partial charge in [-0.1, -0.05) is 6.92 Å². The monoisotopic (exact) mass is 241 g/mol. The van der Waals surface area contributed by atoms with Crippen molar-refractivity contribution in [1.29, 1.82) is 0 Å². The Hall–Kier alpha value is -0.540. The van der Waals surface area contributed by atoms with Crippen LogP contribution in [-0.2, 0) is 9.47 Å². The van der Waals surface area contributed by atoms with E-state index in [-0.39, 0.29) is 0 Å². The van der Waals surface area contributed by atoms with E-state index in [4.69, 9.17) is 9.47 Å². The minimum absolute atomic E-state index is 0.385. The van der Waals surface area contributed by atoms with Crippen LogP contribution in [-0.4, -0.2) is 32.4 Å². The zero-order chi connectivity index (χ0) is 12.3. The van der Waals surface area contributed by atoms with Crippen molar-refractivity contribution in [2.75, 3.05) is 26.4 Å². The van der Waals surface area contributed by atoms with Crippen LogP contribution < -0.4 is 5.32 Å². The van der Waals surface area contributed by atoms with Gasteiger partial charge < -0.3 is 14.8 Å². The molecule has 0 aliphatic carbocycles. The third-order valence-corrected chi connectivity index (χ3v) is 2.93. The maximum Gasteiger partial charge on any atom is 0.109 e. The molecule has 17 heavy (non-hydrogen) atoms. The maximum absolute atomic E-state index is 5.75. The lowest BCUT2D eigenvalue weighted by atomic mass is 10.1. The smallest absolute Gasteiger partial charge is 0.109 e. The van der Waals surface area contributed by atoms with E-state index in [9.17, 15) is 0 Å². The van der Waals surface area contributed by atoms with Gasteiger partial charge in [-0.15, -0.1) is 0 Å². The summed E-state index contributed by atoms with van der Waals surface area (Å²) in [6.07, 6.45) is 7.92. The molecule has 3 nitrogen and oxygen atoms in total. The van der Waals surface area contributed by atoms with Crippen LogP contribution in [0.4, 0.5) is 0 Å². The fourth-order valence-electron chi connectivity index (χ4n) is 2.02. The average molecular weight is 241 g/mol. The summed E-state index contributed by atoms with van der Waals surface area (Å²) >= 11 is 0. The summed E-state index contributed by atoms with van der Waals surface area (Å²) in [5, 5.41) is 3.57. The molecule has 0 saturated carbocycles. The zero-order valence-electron chi connectivity index (χ0n) is 11.3. The van der Waals surface area contributed by atoms with Gasteiger partial charge >= 0.3 is 0 Å². The lowest BCUT2D eigenvalue weighted by Crippen LogP contribution is -2.33. The summed E-state index contributed by atoms with van der Waals surface area (Å²) in [7, 11) is 0. The van der Waals surface area contributed by atoms with Gasteiger partial charge in [0.2, 0.25) is 0 Å². The minimum atomic E-state index is 0.385. The highest BCUT2D eigenvalue weighted by atomic mass is 16.5. The molecule has 1 rings (SSSR count). The van der Waals surface area contributed by atoms with Gasteiger partial charge in [0.25, 0.3) is 0 Å². The highest BCUT2D eigenvalue weighted by molar-refractivity contribution is 5.05. The number of nitrogens with one attached hydrogen (secondary N) is 1. The van der Waals surface area contributed by atoms with Gasteiger partial charge in [-0.3, -0.25) is 0 Å². The van der Waals surface area contributed by atoms with E-state index in [1.54, 1.807) is 0 Å². The SMILES string of the molecule is CCCNC(CCCOCC)C1=CCCCO1. The van der Waals surface area contributed by atoms with Gasteiger partial charge in [-0.05, 0) is 51.6 Å². The van der Waals surface area contributed by atoms with Gasteiger partial charge in [0.05, 0.1) is 12.6 Å². The number of hydrogen-bond acceptors (Lipinski definition) is 3. The normalized spacial score (nSPS) is 17.4. The largest absolute Gasteiger partial charge is 0.497 e. The first-order valence-corrected chi connectivity index (χ1v) is 7.02. The Kier molecular flexibility index (Phi) is 8.10. The molecular weight excluding hydrogens is 214 g/mol. The zero-order valence-corrected chi connectivity index (χ0v) is 11.3. The van der Waals surface area contributed by atoms with E-state index in [1.807, 2.05) is 6.92 Å². The second kappa shape index (κ2) is 9.49. The Morgan fingerprint density at radius 2 is 2.35 bits per heavy atom. The first-order valence-electron chi connectivity index (χ1n) is 7.02. The first-order chi connectivity index (χ1) is 8.38. The molecule has 0 saturated heterocycles. The molecule has 1 N–H and O–H groups in total. The summed E-state index contributed by atoms with van der Waals surface area (Å²) in [6.45, 7) is 7.84. The quantitative estimate of drug-likeness (QED) is 0.630. The van der Waals surface area contributed by atoms with E-state index in [2.05, 4.69) is 18.3 Å². The number of rotatable bonds is 9. The van der Waals surface area contributed by atoms with Crippen molar-refractivity contribution in [2.45, 2.75) is 52.0 Å². The lowest BCUT2D eigenvalue weighted by Gasteiger charge is -2.24. The van der Waals surface area contributed by atoms with Crippen molar-refractivity contribution in [1.82, 2.24) is 5.32 Å². The molecule has 3 heteroatoms. The molecule has 1 atom stereocenters. The van der Waals surface area contributed by atoms with Gasteiger partial charge in [0, 0.05) is 13.2 Å². The Balaban J connectivity index is 2.33. The summed E-state index contributed by atoms with van der Waals surface area (Å²) in [6, 6.07) is 0.385. The molecule has 0 fully saturated rings. The topological polar surface area (TPSA) is 30.5 Å². The molecule has 0 aromatic carbocycles. The van der Waals surface area contributed by atoms with E-state index in [0.29, 0.717) is 6.04 Å². The van der Waals surface area contributed by atoms with E-state index >= 15 is 0 Å². The molecule has 0 amide bonds. The van der Waals surface area contributed by atoms with Crippen LogP contribution in [0.15, 0.2) is 11.8 Å². The van der Waals surface area contributed by atoms with Crippen molar-refractivity contribution < 1.29 is 9.47 Å². The van der Waals surface area contributed by atoms with Crippen LogP contribution >= 0.6 is 0 Å². The fourth-order valence-corrected chi connectivity index (χ4v) is 2.02. The fraction of sp³-hybridized carbons (Fsp3) is 0.857. The van der Waals surface area contributed by atoms with Crippen LogP contribution in [0.5, 0.6) is 0 Å². The Morgan fingerprint density at radius 1 is 1.47 bits per heavy atom. The van der Waals surface area contributed by atoms with Crippen LogP contribution in [0.25, 0.3) is 0 Å². The lowest BCUT2D eigenvalue weighted by molar-refractivity contribution is 0.132. The summed E-state index contributed by atoms with van der Waals surface area (Å²) in [4.78, 5) is 0. The summed E-state index contributed by atoms with van der Waals surface area (Å²) < 4.78 is 11.1. The molecule has 1 aliphatic heterocycles. The van der Waals surface area contributed by atoms with Crippen molar-refractivity contribution in [3.63, 3.8) is 0 Å². The summed E-state index contributed by atoms with van der Waals surface area (Å²) in [5.74, 6) is 1.15. The molecule has 1 unspecified atom stereocenters. The van der Waals surface area contributed by atoms with Crippen LogP contribution in [0.1, 0.15) is 46.0 Å². The Morgan fingerprint density at radius 3 is 3.00 bits per heavy atom. The Labute approximate surface area is 106 Å². The molecule has 0 radical (unpaired) electrons. The molecule has 0 bridgehead atoms. The Bertz CT molecular complexity index is 216. The number of ether oxygens (including phenoxy) is 2. The maximum atomic E-state index is 5.75. The van der Waals surface area contributed by atoms with Gasteiger partial charge in [-0.25, -0.2) is 0 Å². The average Bonchev–Trinajstić information content (AvgIpc) is 2.39. The van der Waals surface area contributed by atoms with E-state index in [1.165, 1.54) is 0 Å². The predicted molar refractivity (Wildman–Crippen MR) is 71.1 cm³/mol. The molecule has 100 valence electrons. The second-order valence-electron chi connectivity index (χ2n) is 4.44. The third kappa shape index (κ3) is 6.08. The highest BCUT2D eigenvalue weighted by Gasteiger charge is 2.16. The van der Waals surface area contributed by atoms with E-state index in [0.717, 1.165) is 64.2 Å². The molecule has 0 aromatic rings. The molecule has 0 aromatic heterocycles.